The molecule has 0 fully saturated rings. The molecule has 1 atom stereocenters. The van der Waals surface area contributed by atoms with Gasteiger partial charge >= 0.3 is 5.97 Å². The van der Waals surface area contributed by atoms with Crippen molar-refractivity contribution in [3.8, 4) is 11.3 Å². The van der Waals surface area contributed by atoms with E-state index in [1.165, 1.54) is 23.8 Å². The summed E-state index contributed by atoms with van der Waals surface area (Å²) >= 11 is 9.19. The number of carbonyl (C=O) groups is 1. The molecule has 0 radical (unpaired) electrons. The first-order valence-electron chi connectivity index (χ1n) is 7.13. The fourth-order valence-electron chi connectivity index (χ4n) is 1.71. The molecule has 1 unspecified atom stereocenters. The first-order valence-corrected chi connectivity index (χ1v) is 8.03. The van der Waals surface area contributed by atoms with E-state index in [-0.39, 0.29) is 0 Å². The van der Waals surface area contributed by atoms with Crippen LogP contribution in [0.2, 0.25) is 5.02 Å². The van der Waals surface area contributed by atoms with Crippen molar-refractivity contribution >= 4 is 30.2 Å². The van der Waals surface area contributed by atoms with Gasteiger partial charge in [0.15, 0.2) is 6.39 Å². The summed E-state index contributed by atoms with van der Waals surface area (Å²) in [6.07, 6.45) is 3.07. The Morgan fingerprint density at radius 3 is 2.21 bits per heavy atom. The Labute approximate surface area is 149 Å². The average molecular weight is 362 g/mol. The lowest BCUT2D eigenvalue weighted by molar-refractivity contribution is -0.136. The quantitative estimate of drug-likeness (QED) is 0.509. The number of thiol groups is 1. The minimum absolute atomic E-state index is 0.537. The number of nitrogens with zero attached hydrogens (tertiary/aromatic N) is 1. The highest BCUT2D eigenvalue weighted by atomic mass is 35.5. The van der Waals surface area contributed by atoms with Crippen LogP contribution in [0, 0.1) is 10.4 Å². The van der Waals surface area contributed by atoms with Crippen LogP contribution < -0.4 is 0 Å². The molecule has 124 valence electrons. The molecular weight excluding hydrogens is 346 g/mol. The number of hydrogen-bond donors (Lipinski definition) is 2. The van der Waals surface area contributed by atoms with E-state index in [4.69, 9.17) is 21.1 Å². The summed E-state index contributed by atoms with van der Waals surface area (Å²) in [5.74, 6) is -0.877. The average Bonchev–Trinajstić information content (AvgIpc) is 3.09. The van der Waals surface area contributed by atoms with Crippen molar-refractivity contribution in [3.05, 3.63) is 76.6 Å². The van der Waals surface area contributed by atoms with Crippen LogP contribution in [0.25, 0.3) is 11.3 Å². The van der Waals surface area contributed by atoms with Crippen molar-refractivity contribution in [1.82, 2.24) is 4.98 Å². The molecule has 2 aromatic rings. The minimum Gasteiger partial charge on any atom is -0.480 e. The first-order chi connectivity index (χ1) is 11.5. The maximum atomic E-state index is 9.62. The van der Waals surface area contributed by atoms with Gasteiger partial charge in [0.2, 0.25) is 0 Å². The van der Waals surface area contributed by atoms with E-state index < -0.39 is 11.2 Å². The number of benzene rings is 2. The van der Waals surface area contributed by atoms with Crippen LogP contribution in [-0.2, 0) is 4.79 Å². The van der Waals surface area contributed by atoms with E-state index in [1.54, 1.807) is 6.26 Å². The number of hydrogen-bond acceptors (Lipinski definition) is 4. The van der Waals surface area contributed by atoms with Crippen molar-refractivity contribution in [2.45, 2.75) is 12.2 Å². The van der Waals surface area contributed by atoms with E-state index >= 15 is 0 Å². The van der Waals surface area contributed by atoms with Gasteiger partial charge in [0.05, 0.1) is 5.25 Å². The highest BCUT2D eigenvalue weighted by molar-refractivity contribution is 7.81. The van der Waals surface area contributed by atoms with Crippen molar-refractivity contribution < 1.29 is 14.3 Å². The molecule has 4 nitrogen and oxygen atoms in total. The van der Waals surface area contributed by atoms with Gasteiger partial charge in [-0.25, -0.2) is 4.98 Å². The second kappa shape index (κ2) is 8.57. The third-order valence-electron chi connectivity index (χ3n) is 3.14. The SMILES string of the molecule is CC(S)C(=O)O.Clc1cc2ccc1=2.c1ccc(-c2cocn2)cc1. The first kappa shape index (κ1) is 18.1. The zero-order chi connectivity index (χ0) is 17.5. The summed E-state index contributed by atoms with van der Waals surface area (Å²) < 4.78 is 4.86. The highest BCUT2D eigenvalue weighted by Gasteiger charge is 2.01. The summed E-state index contributed by atoms with van der Waals surface area (Å²) in [4.78, 5) is 13.6. The van der Waals surface area contributed by atoms with Crippen molar-refractivity contribution in [2.75, 3.05) is 0 Å². The normalized spacial score (nSPS) is 11.3. The minimum atomic E-state index is -0.877. The number of carboxylic acid groups (broad SMARTS) is 1. The molecule has 0 saturated heterocycles. The molecule has 0 amide bonds. The molecule has 6 heteroatoms. The zero-order valence-corrected chi connectivity index (χ0v) is 14.5. The lowest BCUT2D eigenvalue weighted by atomic mass is 10.1. The van der Waals surface area contributed by atoms with Crippen molar-refractivity contribution in [2.24, 2.45) is 0 Å². The van der Waals surface area contributed by atoms with Gasteiger partial charge in [-0.1, -0.05) is 54.1 Å². The number of oxazole rings is 1. The number of aromatic nitrogens is 1. The second-order valence-electron chi connectivity index (χ2n) is 4.95. The number of halogens is 1. The Kier molecular flexibility index (Phi) is 6.46. The maximum Gasteiger partial charge on any atom is 0.316 e. The lowest BCUT2D eigenvalue weighted by Gasteiger charge is -2.01. The van der Waals surface area contributed by atoms with Crippen LogP contribution in [0.1, 0.15) is 6.92 Å². The molecule has 0 saturated carbocycles. The third-order valence-corrected chi connectivity index (χ3v) is 3.67. The maximum absolute atomic E-state index is 9.62. The number of rotatable bonds is 2. The predicted molar refractivity (Wildman–Crippen MR) is 97.1 cm³/mol. The summed E-state index contributed by atoms with van der Waals surface area (Å²) in [6.45, 7) is 1.51. The molecule has 1 aromatic heterocycles. The molecule has 1 aromatic carbocycles. The van der Waals surface area contributed by atoms with Gasteiger partial charge in [0.1, 0.15) is 12.0 Å². The monoisotopic (exact) mass is 361 g/mol. The van der Waals surface area contributed by atoms with E-state index in [0.29, 0.717) is 0 Å². The Morgan fingerprint density at radius 2 is 1.92 bits per heavy atom. The summed E-state index contributed by atoms with van der Waals surface area (Å²) in [5.41, 5.74) is 1.96. The third kappa shape index (κ3) is 4.88. The van der Waals surface area contributed by atoms with Crippen LogP contribution in [-0.4, -0.2) is 21.3 Å². The fraction of sp³-hybridized carbons (Fsp3) is 0.111. The van der Waals surface area contributed by atoms with Gasteiger partial charge < -0.3 is 9.52 Å². The van der Waals surface area contributed by atoms with Gasteiger partial charge in [-0.2, -0.15) is 12.6 Å². The smallest absolute Gasteiger partial charge is 0.316 e. The van der Waals surface area contributed by atoms with Crippen molar-refractivity contribution in [3.63, 3.8) is 0 Å². The van der Waals surface area contributed by atoms with E-state index in [9.17, 15) is 4.79 Å². The molecule has 0 bridgehead atoms. The molecular formula is C18H16ClNO3S. The van der Waals surface area contributed by atoms with E-state index in [1.807, 2.05) is 42.5 Å². The van der Waals surface area contributed by atoms with Crippen molar-refractivity contribution in [1.29, 1.82) is 0 Å². The summed E-state index contributed by atoms with van der Waals surface area (Å²) in [6, 6.07) is 16.0. The fourth-order valence-corrected chi connectivity index (χ4v) is 2.00. The van der Waals surface area contributed by atoms with Gasteiger partial charge in [0.25, 0.3) is 0 Å². The molecule has 2 aliphatic carbocycles. The van der Waals surface area contributed by atoms with Crippen LogP contribution in [0.5, 0.6) is 0 Å². The van der Waals surface area contributed by atoms with Crippen LogP contribution >= 0.6 is 24.2 Å². The predicted octanol–water partition coefficient (Wildman–Crippen LogP) is 4.67. The summed E-state index contributed by atoms with van der Waals surface area (Å²) in [7, 11) is 0. The molecule has 0 spiro atoms. The topological polar surface area (TPSA) is 63.3 Å². The van der Waals surface area contributed by atoms with Crippen LogP contribution in [0.4, 0.5) is 0 Å². The second-order valence-corrected chi connectivity index (χ2v) is 6.13. The molecule has 0 aliphatic heterocycles. The largest absolute Gasteiger partial charge is 0.480 e. The molecule has 1 N–H and O–H groups in total. The van der Waals surface area contributed by atoms with E-state index in [0.717, 1.165) is 16.3 Å². The Balaban J connectivity index is 0.000000139. The Bertz CT molecular complexity index is 880. The standard InChI is InChI=1S/C9H7NO.C6H3Cl.C3H6O2S/c1-2-4-8(5-3-1)9-6-11-7-10-9;7-6-3-4-1-2-5(4)6;1-2(6)3(4)5/h1-7H;1-3H;2,6H,1H3,(H,4,5). The Hall–Kier alpha value is -2.24. The summed E-state index contributed by atoms with van der Waals surface area (Å²) in [5, 5.41) is 10.8. The van der Waals surface area contributed by atoms with Gasteiger partial charge in [-0.15, -0.1) is 0 Å². The highest BCUT2D eigenvalue weighted by Crippen LogP contribution is 2.20. The van der Waals surface area contributed by atoms with Gasteiger partial charge in [-0.05, 0) is 18.2 Å². The van der Waals surface area contributed by atoms with Crippen LogP contribution in [0.15, 0.2) is 65.6 Å². The van der Waals surface area contributed by atoms with Gasteiger partial charge in [-0.3, -0.25) is 4.79 Å². The van der Waals surface area contributed by atoms with E-state index in [2.05, 4.69) is 23.7 Å². The Morgan fingerprint density at radius 1 is 1.25 bits per heavy atom. The van der Waals surface area contributed by atoms with Crippen LogP contribution in [0.3, 0.4) is 0 Å². The van der Waals surface area contributed by atoms with Gasteiger partial charge in [0, 0.05) is 15.8 Å². The molecule has 4 rings (SSSR count). The molecule has 24 heavy (non-hydrogen) atoms. The molecule has 1 heterocycles. The zero-order valence-electron chi connectivity index (χ0n) is 12.9. The number of aliphatic carboxylic acids is 1. The lowest BCUT2D eigenvalue weighted by Crippen LogP contribution is -2.06. The molecule has 2 aliphatic rings. The number of carboxylic acids is 1.